The number of anilines is 2. The number of aliphatic hydroxyl groups excluding tert-OH is 1. The van der Waals surface area contributed by atoms with Gasteiger partial charge in [0.05, 0.1) is 30.2 Å². The summed E-state index contributed by atoms with van der Waals surface area (Å²) >= 11 is 6.03. The largest absolute Gasteiger partial charge is 0.392 e. The zero-order valence-electron chi connectivity index (χ0n) is 12.9. The molecule has 3 aromatic rings. The lowest BCUT2D eigenvalue weighted by Crippen LogP contribution is -2.22. The first-order valence-corrected chi connectivity index (χ1v) is 8.07. The molecule has 0 bridgehead atoms. The molecule has 0 spiro atoms. The molecule has 0 saturated heterocycles. The van der Waals surface area contributed by atoms with Crippen molar-refractivity contribution in [2.75, 3.05) is 11.4 Å². The van der Waals surface area contributed by atoms with E-state index < -0.39 is 0 Å². The average molecular weight is 328 g/mol. The predicted molar refractivity (Wildman–Crippen MR) is 93.3 cm³/mol. The second-order valence-corrected chi connectivity index (χ2v) is 6.31. The molecule has 0 atom stereocenters. The van der Waals surface area contributed by atoms with Gasteiger partial charge in [-0.15, -0.1) is 0 Å². The van der Waals surface area contributed by atoms with E-state index in [4.69, 9.17) is 11.6 Å². The van der Waals surface area contributed by atoms with Gasteiger partial charge in [-0.05, 0) is 42.8 Å². The topological polar surface area (TPSA) is 44.2 Å². The molecule has 2 heterocycles. The van der Waals surface area contributed by atoms with Gasteiger partial charge in [-0.2, -0.15) is 0 Å². The molecule has 2 N–H and O–H groups in total. The van der Waals surface area contributed by atoms with E-state index in [1.54, 1.807) is 0 Å². The SMILES string of the molecule is Cc1[nH]n2c1-c1ccc(CO)cc1N(c1ccc(Cl)cc1)CC2. The van der Waals surface area contributed by atoms with Crippen LogP contribution in [0.1, 0.15) is 11.3 Å². The summed E-state index contributed by atoms with van der Waals surface area (Å²) in [5.74, 6) is 0. The summed E-state index contributed by atoms with van der Waals surface area (Å²) in [6, 6.07) is 14.1. The fourth-order valence-corrected chi connectivity index (χ4v) is 3.41. The van der Waals surface area contributed by atoms with Crippen LogP contribution in [0.5, 0.6) is 0 Å². The number of rotatable bonds is 2. The molecule has 0 unspecified atom stereocenters. The third kappa shape index (κ3) is 2.35. The lowest BCUT2D eigenvalue weighted by atomic mass is 10.0. The van der Waals surface area contributed by atoms with Crippen LogP contribution >= 0.6 is 11.6 Å². The van der Waals surface area contributed by atoms with Crippen LogP contribution in [0.25, 0.3) is 11.3 Å². The highest BCUT2D eigenvalue weighted by Crippen LogP contribution is 2.40. The number of aromatic amines is 1. The minimum absolute atomic E-state index is 0.0434. The number of aryl methyl sites for hydroxylation is 1. The molecule has 1 aliphatic rings. The third-order valence-electron chi connectivity index (χ3n) is 4.40. The first-order chi connectivity index (χ1) is 11.2. The van der Waals surface area contributed by atoms with Crippen LogP contribution < -0.4 is 4.90 Å². The van der Waals surface area contributed by atoms with Crippen LogP contribution in [0.3, 0.4) is 0 Å². The van der Waals surface area contributed by atoms with Crippen molar-refractivity contribution in [3.05, 3.63) is 58.7 Å². The van der Waals surface area contributed by atoms with Gasteiger partial charge in [-0.25, -0.2) is 0 Å². The smallest absolute Gasteiger partial charge is 0.0870 e. The Morgan fingerprint density at radius 2 is 1.91 bits per heavy atom. The van der Waals surface area contributed by atoms with E-state index in [0.717, 1.165) is 35.1 Å². The minimum atomic E-state index is 0.0434. The Hall–Kier alpha value is -2.17. The average Bonchev–Trinajstić information content (AvgIpc) is 2.68. The number of aromatic nitrogens is 2. The Kier molecular flexibility index (Phi) is 3.43. The summed E-state index contributed by atoms with van der Waals surface area (Å²) in [6.45, 7) is 3.88. The second-order valence-electron chi connectivity index (χ2n) is 5.87. The molecule has 4 nitrogen and oxygen atoms in total. The Bertz CT molecular complexity index is 848. The Balaban J connectivity index is 1.88. The number of aliphatic hydroxyl groups is 1. The quantitative estimate of drug-likeness (QED) is 0.744. The molecule has 0 amide bonds. The molecule has 1 aromatic heterocycles. The van der Waals surface area contributed by atoms with Gasteiger partial charge < -0.3 is 15.1 Å². The van der Waals surface area contributed by atoms with Crippen molar-refractivity contribution < 1.29 is 5.11 Å². The van der Waals surface area contributed by atoms with Crippen LogP contribution in [-0.4, -0.2) is 21.4 Å². The summed E-state index contributed by atoms with van der Waals surface area (Å²) in [5, 5.41) is 13.6. The first-order valence-electron chi connectivity index (χ1n) is 7.70. The van der Waals surface area contributed by atoms with E-state index >= 15 is 0 Å². The maximum atomic E-state index is 9.52. The van der Waals surface area contributed by atoms with Gasteiger partial charge in [0.15, 0.2) is 0 Å². The van der Waals surface area contributed by atoms with Crippen molar-refractivity contribution in [1.82, 2.24) is 9.78 Å². The van der Waals surface area contributed by atoms with Crippen LogP contribution in [0.15, 0.2) is 42.5 Å². The fourth-order valence-electron chi connectivity index (χ4n) is 3.28. The highest BCUT2D eigenvalue weighted by atomic mass is 35.5. The number of nitrogens with zero attached hydrogens (tertiary/aromatic N) is 2. The monoisotopic (exact) mass is 327 g/mol. The van der Waals surface area contributed by atoms with Crippen LogP contribution in [0.2, 0.25) is 5.02 Å². The van der Waals surface area contributed by atoms with Crippen molar-refractivity contribution in [1.29, 1.82) is 0 Å². The van der Waals surface area contributed by atoms with Gasteiger partial charge >= 0.3 is 0 Å². The van der Waals surface area contributed by atoms with Crippen molar-refractivity contribution in [2.24, 2.45) is 0 Å². The maximum Gasteiger partial charge on any atom is 0.0870 e. The molecule has 5 heteroatoms. The molecule has 0 saturated carbocycles. The van der Waals surface area contributed by atoms with Crippen molar-refractivity contribution in [3.8, 4) is 11.3 Å². The minimum Gasteiger partial charge on any atom is -0.392 e. The summed E-state index contributed by atoms with van der Waals surface area (Å²) in [7, 11) is 0. The van der Waals surface area contributed by atoms with E-state index in [9.17, 15) is 5.11 Å². The van der Waals surface area contributed by atoms with Crippen LogP contribution in [0.4, 0.5) is 11.4 Å². The number of halogens is 1. The standard InChI is InChI=1S/C18H18ClN3O/c1-12-18-16-7-2-13(11-23)10-17(16)21(8-9-22(18)20-12)15-5-3-14(19)4-6-15/h2-7,10,20,23H,8-9,11H2,1H3. The normalized spacial score (nSPS) is 13.6. The summed E-state index contributed by atoms with van der Waals surface area (Å²) in [6.07, 6.45) is 0. The highest BCUT2D eigenvalue weighted by Gasteiger charge is 2.24. The number of hydrogen-bond acceptors (Lipinski definition) is 2. The van der Waals surface area contributed by atoms with Crippen molar-refractivity contribution in [3.63, 3.8) is 0 Å². The van der Waals surface area contributed by atoms with E-state index in [-0.39, 0.29) is 6.61 Å². The molecule has 2 aromatic carbocycles. The summed E-state index contributed by atoms with van der Waals surface area (Å²) < 4.78 is 2.18. The van der Waals surface area contributed by atoms with Crippen molar-refractivity contribution in [2.45, 2.75) is 20.1 Å². The van der Waals surface area contributed by atoms with E-state index in [1.807, 2.05) is 30.3 Å². The van der Waals surface area contributed by atoms with E-state index in [0.29, 0.717) is 0 Å². The van der Waals surface area contributed by atoms with Crippen LogP contribution in [0, 0.1) is 6.92 Å². The molecule has 23 heavy (non-hydrogen) atoms. The van der Waals surface area contributed by atoms with Crippen molar-refractivity contribution >= 4 is 23.0 Å². The molecule has 118 valence electrons. The zero-order chi connectivity index (χ0) is 16.0. The first kappa shape index (κ1) is 14.4. The van der Waals surface area contributed by atoms with Gasteiger partial charge in [0.25, 0.3) is 0 Å². The molecule has 0 radical (unpaired) electrons. The molecule has 0 aliphatic carbocycles. The Morgan fingerprint density at radius 3 is 2.61 bits per heavy atom. The maximum absolute atomic E-state index is 9.52. The fraction of sp³-hybridized carbons (Fsp3) is 0.222. The number of H-pyrrole nitrogens is 1. The van der Waals surface area contributed by atoms with Gasteiger partial charge in [-0.3, -0.25) is 4.68 Å². The van der Waals surface area contributed by atoms with E-state index in [1.165, 1.54) is 17.0 Å². The Labute approximate surface area is 139 Å². The number of hydrogen-bond donors (Lipinski definition) is 2. The molecule has 1 aliphatic heterocycles. The predicted octanol–water partition coefficient (Wildman–Crippen LogP) is 4.09. The second kappa shape index (κ2) is 5.48. The van der Waals surface area contributed by atoms with Crippen LogP contribution in [-0.2, 0) is 13.2 Å². The van der Waals surface area contributed by atoms with Gasteiger partial charge in [0, 0.05) is 22.8 Å². The number of fused-ring (bicyclic) bond motifs is 3. The lowest BCUT2D eigenvalue weighted by molar-refractivity contribution is 0.282. The van der Waals surface area contributed by atoms with E-state index in [2.05, 4.69) is 33.7 Å². The molecular formula is C18H18ClN3O. The number of nitrogens with one attached hydrogen (secondary N) is 1. The number of benzene rings is 2. The third-order valence-corrected chi connectivity index (χ3v) is 4.66. The lowest BCUT2D eigenvalue weighted by Gasteiger charge is -2.25. The summed E-state index contributed by atoms with van der Waals surface area (Å²) in [5.41, 5.74) is 6.75. The van der Waals surface area contributed by atoms with Gasteiger partial charge in [-0.1, -0.05) is 23.7 Å². The summed E-state index contributed by atoms with van der Waals surface area (Å²) in [4.78, 5) is 2.28. The molecular weight excluding hydrogens is 310 g/mol. The Morgan fingerprint density at radius 1 is 1.13 bits per heavy atom. The molecule has 0 fully saturated rings. The van der Waals surface area contributed by atoms with Gasteiger partial charge in [0.2, 0.25) is 0 Å². The zero-order valence-corrected chi connectivity index (χ0v) is 13.6. The van der Waals surface area contributed by atoms with Gasteiger partial charge in [0.1, 0.15) is 0 Å². The highest BCUT2D eigenvalue weighted by molar-refractivity contribution is 6.30. The molecule has 4 rings (SSSR count).